The maximum absolute atomic E-state index is 11.2. The molecule has 1 fully saturated rings. The van der Waals surface area contributed by atoms with Gasteiger partial charge < -0.3 is 5.11 Å². The average molecular weight is 480 g/mol. The number of hydrogen-bond donors (Lipinski definition) is 1. The largest absolute Gasteiger partial charge is 0.480 e. The molecule has 2 aromatic rings. The van der Waals surface area contributed by atoms with Gasteiger partial charge in [0.2, 0.25) is 0 Å². The van der Waals surface area contributed by atoms with E-state index in [2.05, 4.69) is 43.0 Å². The maximum atomic E-state index is 11.2. The minimum Gasteiger partial charge on any atom is -0.480 e. The van der Waals surface area contributed by atoms with Crippen LogP contribution in [-0.2, 0) is 4.79 Å². The molecule has 29 heavy (non-hydrogen) atoms. The number of halogens is 4. The van der Waals surface area contributed by atoms with Crippen LogP contribution in [0.3, 0.4) is 0 Å². The highest BCUT2D eigenvalue weighted by Crippen LogP contribution is 2.34. The van der Waals surface area contributed by atoms with Crippen molar-refractivity contribution in [2.45, 2.75) is 25.4 Å². The molecule has 8 heteroatoms. The van der Waals surface area contributed by atoms with Gasteiger partial charge in [-0.2, -0.15) is 0 Å². The first-order valence-electron chi connectivity index (χ1n) is 8.98. The van der Waals surface area contributed by atoms with Crippen LogP contribution in [0.15, 0.2) is 48.5 Å². The molecule has 4 nitrogen and oxygen atoms in total. The van der Waals surface area contributed by atoms with E-state index >= 15 is 0 Å². The fourth-order valence-corrected chi connectivity index (χ4v) is 4.06. The lowest BCUT2D eigenvalue weighted by molar-refractivity contribution is -0.141. The Labute approximate surface area is 194 Å². The summed E-state index contributed by atoms with van der Waals surface area (Å²) in [7, 11) is 0. The fourth-order valence-electron chi connectivity index (χ4n) is 3.81. The molecule has 0 saturated carbocycles. The van der Waals surface area contributed by atoms with Crippen LogP contribution in [-0.4, -0.2) is 52.6 Å². The van der Waals surface area contributed by atoms with Crippen LogP contribution < -0.4 is 0 Å². The first-order chi connectivity index (χ1) is 12.8. The van der Waals surface area contributed by atoms with Crippen molar-refractivity contribution in [1.82, 2.24) is 9.80 Å². The van der Waals surface area contributed by atoms with Crippen molar-refractivity contribution in [2.75, 3.05) is 26.2 Å². The third kappa shape index (κ3) is 6.48. The Morgan fingerprint density at radius 3 is 1.79 bits per heavy atom. The number of carboxylic acids is 1. The van der Waals surface area contributed by atoms with Gasteiger partial charge in [0.25, 0.3) is 0 Å². The molecule has 0 bridgehead atoms. The minimum absolute atomic E-state index is 0. The minimum atomic E-state index is -0.788. The van der Waals surface area contributed by atoms with E-state index < -0.39 is 5.97 Å². The molecule has 0 unspecified atom stereocenters. The lowest BCUT2D eigenvalue weighted by Crippen LogP contribution is -2.60. The number of piperazine rings is 1. The lowest BCUT2D eigenvalue weighted by atomic mass is 9.92. The standard InChI is InChI=1S/C21H24Cl2N2O2.2ClH/c1-21(2)14-24(11-12-25(21)13-19(26)27)20(15-3-7-17(22)8-4-15)16-5-9-18(23)10-6-16;;/h3-10,20H,11-14H2,1-2H3,(H,26,27);2*1H. The molecule has 1 aliphatic heterocycles. The Hall–Kier alpha value is -1.01. The molecule has 160 valence electrons. The summed E-state index contributed by atoms with van der Waals surface area (Å²) in [6, 6.07) is 15.9. The van der Waals surface area contributed by atoms with Crippen LogP contribution in [0, 0.1) is 0 Å². The molecule has 0 atom stereocenters. The molecule has 0 aliphatic carbocycles. The number of hydrogen-bond acceptors (Lipinski definition) is 3. The third-order valence-corrected chi connectivity index (χ3v) is 5.67. The third-order valence-electron chi connectivity index (χ3n) is 5.17. The summed E-state index contributed by atoms with van der Waals surface area (Å²) in [5.74, 6) is -0.788. The van der Waals surface area contributed by atoms with Gasteiger partial charge in [-0.25, -0.2) is 0 Å². The van der Waals surface area contributed by atoms with E-state index in [0.717, 1.165) is 24.2 Å². The Kier molecular flexibility index (Phi) is 9.74. The molecule has 0 amide bonds. The number of carboxylic acid groups (broad SMARTS) is 1. The Morgan fingerprint density at radius 1 is 0.966 bits per heavy atom. The normalized spacial score (nSPS) is 16.7. The van der Waals surface area contributed by atoms with Crippen molar-refractivity contribution < 1.29 is 9.90 Å². The van der Waals surface area contributed by atoms with E-state index in [1.54, 1.807) is 0 Å². The second-order valence-electron chi connectivity index (χ2n) is 7.60. The summed E-state index contributed by atoms with van der Waals surface area (Å²) < 4.78 is 0. The van der Waals surface area contributed by atoms with Crippen molar-refractivity contribution in [3.05, 3.63) is 69.7 Å². The Bertz CT molecular complexity index is 752. The summed E-state index contributed by atoms with van der Waals surface area (Å²) >= 11 is 12.2. The van der Waals surface area contributed by atoms with Gasteiger partial charge in [0.15, 0.2) is 0 Å². The summed E-state index contributed by atoms with van der Waals surface area (Å²) in [6.07, 6.45) is 0. The van der Waals surface area contributed by atoms with E-state index in [-0.39, 0.29) is 42.9 Å². The second kappa shape index (κ2) is 10.9. The highest BCUT2D eigenvalue weighted by atomic mass is 35.5. The molecule has 3 rings (SSSR count). The van der Waals surface area contributed by atoms with Gasteiger partial charge in [-0.05, 0) is 49.2 Å². The molecule has 1 heterocycles. The van der Waals surface area contributed by atoms with Gasteiger partial charge in [-0.15, -0.1) is 24.8 Å². The number of nitrogens with zero attached hydrogens (tertiary/aromatic N) is 2. The number of benzene rings is 2. The number of carbonyl (C=O) groups is 1. The van der Waals surface area contributed by atoms with Crippen molar-refractivity contribution in [3.8, 4) is 0 Å². The van der Waals surface area contributed by atoms with E-state index in [9.17, 15) is 9.90 Å². The number of rotatable bonds is 5. The molecular formula is C21H26Cl4N2O2. The maximum Gasteiger partial charge on any atom is 0.317 e. The molecule has 1 N–H and O–H groups in total. The average Bonchev–Trinajstić information content (AvgIpc) is 2.60. The number of aliphatic carboxylic acids is 1. The van der Waals surface area contributed by atoms with Crippen molar-refractivity contribution in [1.29, 1.82) is 0 Å². The first-order valence-corrected chi connectivity index (χ1v) is 9.74. The second-order valence-corrected chi connectivity index (χ2v) is 8.48. The Balaban J connectivity index is 0.00000210. The molecule has 2 aromatic carbocycles. The SMILES string of the molecule is CC1(C)CN(C(c2ccc(Cl)cc2)c2ccc(Cl)cc2)CCN1CC(=O)O.Cl.Cl. The van der Waals surface area contributed by atoms with E-state index in [0.29, 0.717) is 16.6 Å². The lowest BCUT2D eigenvalue weighted by Gasteiger charge is -2.49. The predicted molar refractivity (Wildman–Crippen MR) is 124 cm³/mol. The highest BCUT2D eigenvalue weighted by Gasteiger charge is 2.37. The Morgan fingerprint density at radius 2 is 1.41 bits per heavy atom. The van der Waals surface area contributed by atoms with Crippen LogP contribution in [0.5, 0.6) is 0 Å². The van der Waals surface area contributed by atoms with Crippen LogP contribution in [0.4, 0.5) is 0 Å². The monoisotopic (exact) mass is 478 g/mol. The fraction of sp³-hybridized carbons (Fsp3) is 0.381. The van der Waals surface area contributed by atoms with Gasteiger partial charge in [0.1, 0.15) is 0 Å². The summed E-state index contributed by atoms with van der Waals surface area (Å²) in [5, 5.41) is 10.6. The smallest absolute Gasteiger partial charge is 0.317 e. The first kappa shape index (κ1) is 26.0. The van der Waals surface area contributed by atoms with E-state index in [1.165, 1.54) is 0 Å². The zero-order valence-electron chi connectivity index (χ0n) is 16.3. The quantitative estimate of drug-likeness (QED) is 0.622. The molecule has 1 aliphatic rings. The highest BCUT2D eigenvalue weighted by molar-refractivity contribution is 6.30. The van der Waals surface area contributed by atoms with Crippen molar-refractivity contribution in [2.24, 2.45) is 0 Å². The molecule has 1 saturated heterocycles. The van der Waals surface area contributed by atoms with Gasteiger partial charge in [0, 0.05) is 35.2 Å². The summed E-state index contributed by atoms with van der Waals surface area (Å²) in [4.78, 5) is 15.6. The molecule has 0 aromatic heterocycles. The zero-order valence-corrected chi connectivity index (χ0v) is 19.5. The van der Waals surface area contributed by atoms with Crippen LogP contribution in [0.25, 0.3) is 0 Å². The van der Waals surface area contributed by atoms with Gasteiger partial charge in [-0.3, -0.25) is 14.6 Å². The van der Waals surface area contributed by atoms with Crippen LogP contribution in [0.2, 0.25) is 10.0 Å². The molecular weight excluding hydrogens is 454 g/mol. The van der Waals surface area contributed by atoms with Gasteiger partial charge >= 0.3 is 5.97 Å². The topological polar surface area (TPSA) is 43.8 Å². The summed E-state index contributed by atoms with van der Waals surface area (Å²) in [6.45, 7) is 6.51. The van der Waals surface area contributed by atoms with Crippen molar-refractivity contribution >= 4 is 54.0 Å². The predicted octanol–water partition coefficient (Wildman–Crippen LogP) is 5.41. The van der Waals surface area contributed by atoms with Gasteiger partial charge in [-0.1, -0.05) is 47.5 Å². The molecule has 0 radical (unpaired) electrons. The molecule has 0 spiro atoms. The van der Waals surface area contributed by atoms with Gasteiger partial charge in [0.05, 0.1) is 12.6 Å². The summed E-state index contributed by atoms with van der Waals surface area (Å²) in [5.41, 5.74) is 2.07. The van der Waals surface area contributed by atoms with E-state index in [4.69, 9.17) is 23.2 Å². The van der Waals surface area contributed by atoms with Crippen LogP contribution in [0.1, 0.15) is 31.0 Å². The zero-order chi connectivity index (χ0) is 19.6. The van der Waals surface area contributed by atoms with Crippen molar-refractivity contribution in [3.63, 3.8) is 0 Å². The van der Waals surface area contributed by atoms with Crippen LogP contribution >= 0.6 is 48.0 Å². The van der Waals surface area contributed by atoms with E-state index in [1.807, 2.05) is 29.2 Å².